The monoisotopic (exact) mass is 274 g/mol. The minimum absolute atomic E-state index is 0.373. The summed E-state index contributed by atoms with van der Waals surface area (Å²) in [4.78, 5) is 11.5. The smallest absolute Gasteiger partial charge is 0.312 e. The molecule has 0 aliphatic heterocycles. The van der Waals surface area contributed by atoms with E-state index in [0.717, 1.165) is 16.1 Å². The van der Waals surface area contributed by atoms with E-state index in [2.05, 4.69) is 10.6 Å². The first kappa shape index (κ1) is 13.1. The van der Waals surface area contributed by atoms with Crippen LogP contribution in [0, 0.1) is 5.41 Å². The number of rotatable bonds is 4. The molecule has 0 saturated heterocycles. The minimum Gasteiger partial charge on any atom is -0.352 e. The number of urea groups is 1. The van der Waals surface area contributed by atoms with Crippen molar-refractivity contribution in [2.45, 2.75) is 6.54 Å². The number of nitrogens with one attached hydrogen (secondary N) is 3. The summed E-state index contributed by atoms with van der Waals surface area (Å²) >= 11 is 1.52. The second kappa shape index (κ2) is 6.01. The van der Waals surface area contributed by atoms with Gasteiger partial charge >= 0.3 is 6.03 Å². The number of carbonyl (C=O) groups excluding carboxylic acids is 1. The number of anilines is 1. The number of amides is 2. The third-order valence-corrected chi connectivity index (χ3v) is 3.34. The summed E-state index contributed by atoms with van der Waals surface area (Å²) in [6.45, 7) is 0.401. The molecule has 5 N–H and O–H groups in total. The summed E-state index contributed by atoms with van der Waals surface area (Å²) in [5.74, 6) is 0.373. The fourth-order valence-electron chi connectivity index (χ4n) is 1.52. The van der Waals surface area contributed by atoms with Gasteiger partial charge in [0.05, 0.1) is 4.88 Å². The topological polar surface area (TPSA) is 91.0 Å². The highest BCUT2D eigenvalue weighted by atomic mass is 32.1. The zero-order valence-corrected chi connectivity index (χ0v) is 11.0. The first-order valence-electron chi connectivity index (χ1n) is 5.67. The molecule has 2 aromatic rings. The van der Waals surface area contributed by atoms with Gasteiger partial charge in [0.15, 0.2) is 0 Å². The summed E-state index contributed by atoms with van der Waals surface area (Å²) in [5, 5.41) is 15.4. The molecule has 2 rings (SSSR count). The molecule has 1 aromatic carbocycles. The van der Waals surface area contributed by atoms with Gasteiger partial charge < -0.3 is 16.4 Å². The van der Waals surface area contributed by atoms with E-state index in [1.807, 2.05) is 41.8 Å². The van der Waals surface area contributed by atoms with Crippen molar-refractivity contribution < 1.29 is 4.79 Å². The molecule has 19 heavy (non-hydrogen) atoms. The molecule has 1 heterocycles. The van der Waals surface area contributed by atoms with Gasteiger partial charge in [-0.15, -0.1) is 11.3 Å². The summed E-state index contributed by atoms with van der Waals surface area (Å²) in [6.07, 6.45) is 0. The van der Waals surface area contributed by atoms with Crippen LogP contribution in [0.25, 0.3) is 0 Å². The molecule has 0 fully saturated rings. The molecule has 0 bridgehead atoms. The van der Waals surface area contributed by atoms with Crippen LogP contribution in [0.2, 0.25) is 0 Å². The van der Waals surface area contributed by atoms with Gasteiger partial charge in [0.25, 0.3) is 0 Å². The molecule has 0 unspecified atom stereocenters. The molecular weight excluding hydrogens is 260 g/mol. The number of amidine groups is 1. The van der Waals surface area contributed by atoms with Gasteiger partial charge in [-0.25, -0.2) is 4.79 Å². The predicted molar refractivity (Wildman–Crippen MR) is 77.6 cm³/mol. The maximum absolute atomic E-state index is 10.6. The van der Waals surface area contributed by atoms with E-state index >= 15 is 0 Å². The lowest BCUT2D eigenvalue weighted by Gasteiger charge is -2.07. The molecule has 2 amide bonds. The van der Waals surface area contributed by atoms with Gasteiger partial charge in [0.2, 0.25) is 0 Å². The SMILES string of the molecule is N=C(Nc1ccc(CNC(N)=O)cc1)c1cccs1. The number of primary amides is 1. The molecule has 1 aromatic heterocycles. The van der Waals surface area contributed by atoms with E-state index in [9.17, 15) is 4.79 Å². The standard InChI is InChI=1S/C13H14N4OS/c14-12(11-2-1-7-19-11)17-10-5-3-9(4-6-10)8-16-13(15)18/h1-7H,8H2,(H2,14,17)(H3,15,16,18). The number of thiophene rings is 1. The Morgan fingerprint density at radius 3 is 2.58 bits per heavy atom. The molecular formula is C13H14N4OS. The fourth-order valence-corrected chi connectivity index (χ4v) is 2.15. The fraction of sp³-hybridized carbons (Fsp3) is 0.0769. The Morgan fingerprint density at radius 2 is 2.00 bits per heavy atom. The van der Waals surface area contributed by atoms with Crippen molar-refractivity contribution in [3.05, 3.63) is 52.2 Å². The van der Waals surface area contributed by atoms with Crippen molar-refractivity contribution >= 4 is 28.9 Å². The number of carbonyl (C=O) groups is 1. The molecule has 0 saturated carbocycles. The van der Waals surface area contributed by atoms with Gasteiger partial charge in [-0.05, 0) is 29.1 Å². The lowest BCUT2D eigenvalue weighted by molar-refractivity contribution is 0.248. The zero-order chi connectivity index (χ0) is 13.7. The molecule has 0 atom stereocenters. The molecule has 6 heteroatoms. The highest BCUT2D eigenvalue weighted by Crippen LogP contribution is 2.14. The lowest BCUT2D eigenvalue weighted by Crippen LogP contribution is -2.28. The van der Waals surface area contributed by atoms with E-state index in [1.165, 1.54) is 11.3 Å². The largest absolute Gasteiger partial charge is 0.352 e. The van der Waals surface area contributed by atoms with Gasteiger partial charge in [0, 0.05) is 12.2 Å². The first-order chi connectivity index (χ1) is 9.15. The normalized spacial score (nSPS) is 9.89. The third-order valence-electron chi connectivity index (χ3n) is 2.46. The number of nitrogens with two attached hydrogens (primary N) is 1. The maximum Gasteiger partial charge on any atom is 0.312 e. The summed E-state index contributed by atoms with van der Waals surface area (Å²) in [7, 11) is 0. The molecule has 5 nitrogen and oxygen atoms in total. The van der Waals surface area contributed by atoms with Crippen LogP contribution >= 0.6 is 11.3 Å². The molecule has 0 aliphatic rings. The van der Waals surface area contributed by atoms with Gasteiger partial charge in [-0.1, -0.05) is 18.2 Å². The Kier molecular flexibility index (Phi) is 4.15. The Balaban J connectivity index is 1.95. The quantitative estimate of drug-likeness (QED) is 0.509. The van der Waals surface area contributed by atoms with E-state index in [0.29, 0.717) is 12.4 Å². The van der Waals surface area contributed by atoms with Gasteiger partial charge in [0.1, 0.15) is 5.84 Å². The highest BCUT2D eigenvalue weighted by molar-refractivity contribution is 7.12. The summed E-state index contributed by atoms with van der Waals surface area (Å²) in [5.41, 5.74) is 6.79. The van der Waals surface area contributed by atoms with Gasteiger partial charge in [-0.2, -0.15) is 0 Å². The Morgan fingerprint density at radius 1 is 1.26 bits per heavy atom. The second-order valence-corrected chi connectivity index (χ2v) is 4.84. The Hall–Kier alpha value is -2.34. The lowest BCUT2D eigenvalue weighted by atomic mass is 10.2. The predicted octanol–water partition coefficient (Wildman–Crippen LogP) is 2.35. The van der Waals surface area contributed by atoms with Crippen molar-refractivity contribution in [3.8, 4) is 0 Å². The van der Waals surface area contributed by atoms with E-state index in [4.69, 9.17) is 11.1 Å². The number of hydrogen-bond donors (Lipinski definition) is 4. The molecule has 0 spiro atoms. The summed E-state index contributed by atoms with van der Waals surface area (Å²) in [6, 6.07) is 10.7. The highest BCUT2D eigenvalue weighted by Gasteiger charge is 2.02. The third kappa shape index (κ3) is 3.82. The minimum atomic E-state index is -0.540. The summed E-state index contributed by atoms with van der Waals surface area (Å²) < 4.78 is 0. The number of hydrogen-bond acceptors (Lipinski definition) is 3. The zero-order valence-electron chi connectivity index (χ0n) is 10.1. The van der Waals surface area contributed by atoms with Crippen LogP contribution in [0.4, 0.5) is 10.5 Å². The average Bonchev–Trinajstić information content (AvgIpc) is 2.92. The molecule has 0 aliphatic carbocycles. The van der Waals surface area contributed by atoms with E-state index in [1.54, 1.807) is 0 Å². The van der Waals surface area contributed by atoms with Crippen molar-refractivity contribution in [3.63, 3.8) is 0 Å². The van der Waals surface area contributed by atoms with Crippen LogP contribution in [0.5, 0.6) is 0 Å². The first-order valence-corrected chi connectivity index (χ1v) is 6.55. The van der Waals surface area contributed by atoms with Crippen molar-refractivity contribution in [2.24, 2.45) is 5.73 Å². The van der Waals surface area contributed by atoms with Crippen LogP contribution < -0.4 is 16.4 Å². The van der Waals surface area contributed by atoms with Crippen LogP contribution in [0.15, 0.2) is 41.8 Å². The van der Waals surface area contributed by atoms with E-state index < -0.39 is 6.03 Å². The van der Waals surface area contributed by atoms with Crippen LogP contribution in [-0.2, 0) is 6.54 Å². The van der Waals surface area contributed by atoms with Crippen molar-refractivity contribution in [1.82, 2.24) is 5.32 Å². The van der Waals surface area contributed by atoms with Crippen LogP contribution in [0.1, 0.15) is 10.4 Å². The molecule has 98 valence electrons. The average molecular weight is 274 g/mol. The molecule has 0 radical (unpaired) electrons. The van der Waals surface area contributed by atoms with Gasteiger partial charge in [-0.3, -0.25) is 5.41 Å². The Bertz CT molecular complexity index is 563. The van der Waals surface area contributed by atoms with Crippen LogP contribution in [0.3, 0.4) is 0 Å². The Labute approximate surface area is 115 Å². The van der Waals surface area contributed by atoms with Crippen LogP contribution in [-0.4, -0.2) is 11.9 Å². The maximum atomic E-state index is 10.6. The van der Waals surface area contributed by atoms with Crippen molar-refractivity contribution in [2.75, 3.05) is 5.32 Å². The second-order valence-electron chi connectivity index (χ2n) is 3.89. The van der Waals surface area contributed by atoms with E-state index in [-0.39, 0.29) is 0 Å². The number of benzene rings is 1. The van der Waals surface area contributed by atoms with Crippen molar-refractivity contribution in [1.29, 1.82) is 5.41 Å².